The van der Waals surface area contributed by atoms with Gasteiger partial charge in [0.2, 0.25) is 5.75 Å². The van der Waals surface area contributed by atoms with Crippen LogP contribution in [0.4, 0.5) is 5.69 Å². The van der Waals surface area contributed by atoms with E-state index in [9.17, 15) is 10.1 Å². The molecule has 0 aliphatic rings. The number of nitrogens with zero attached hydrogens (tertiary/aromatic N) is 2. The van der Waals surface area contributed by atoms with E-state index in [1.807, 2.05) is 36.4 Å². The van der Waals surface area contributed by atoms with E-state index in [0.717, 1.165) is 16.7 Å². The van der Waals surface area contributed by atoms with Crippen LogP contribution in [0.5, 0.6) is 11.5 Å². The van der Waals surface area contributed by atoms with E-state index >= 15 is 0 Å². The average molecular weight is 413 g/mol. The van der Waals surface area contributed by atoms with Crippen molar-refractivity contribution in [3.8, 4) is 11.5 Å². The molecule has 1 aromatic heterocycles. The fourth-order valence-electron chi connectivity index (χ4n) is 2.57. The summed E-state index contributed by atoms with van der Waals surface area (Å²) < 4.78 is 11.3. The number of aromatic nitrogens is 1. The lowest BCUT2D eigenvalue weighted by Crippen LogP contribution is -1.94. The maximum absolute atomic E-state index is 11.2. The summed E-state index contributed by atoms with van der Waals surface area (Å²) in [4.78, 5) is 15.1. The number of nitro groups is 1. The molecule has 0 amide bonds. The number of halogens is 1. The van der Waals surface area contributed by atoms with Gasteiger partial charge in [0, 0.05) is 11.8 Å². The summed E-state index contributed by atoms with van der Waals surface area (Å²) in [6, 6.07) is 19.3. The van der Waals surface area contributed by atoms with Crippen LogP contribution in [0.25, 0.3) is 11.1 Å². The topological polar surface area (TPSA) is 78.4 Å². The average Bonchev–Trinajstić information content (AvgIpc) is 3.12. The second kappa shape index (κ2) is 7.92. The molecule has 0 aliphatic carbocycles. The van der Waals surface area contributed by atoms with Crippen molar-refractivity contribution >= 4 is 40.1 Å². The predicted octanol–water partition coefficient (Wildman–Crippen LogP) is 6.47. The molecule has 1 heterocycles. The van der Waals surface area contributed by atoms with Gasteiger partial charge in [-0.25, -0.2) is 4.98 Å². The summed E-state index contributed by atoms with van der Waals surface area (Å²) >= 11 is 7.54. The van der Waals surface area contributed by atoms with E-state index in [-0.39, 0.29) is 16.5 Å². The van der Waals surface area contributed by atoms with E-state index in [1.54, 1.807) is 18.2 Å². The molecule has 0 unspecified atom stereocenters. The Bertz CT molecular complexity index is 1110. The van der Waals surface area contributed by atoms with Gasteiger partial charge in [0.05, 0.1) is 9.95 Å². The Morgan fingerprint density at radius 3 is 2.61 bits per heavy atom. The minimum absolute atomic E-state index is 0.0303. The Balaban J connectivity index is 1.45. The van der Waals surface area contributed by atoms with Crippen LogP contribution in [0.3, 0.4) is 0 Å². The number of oxazole rings is 1. The number of hydrogen-bond donors (Lipinski definition) is 0. The van der Waals surface area contributed by atoms with Crippen LogP contribution in [-0.2, 0) is 5.75 Å². The number of ether oxygens (including phenoxy) is 1. The highest BCUT2D eigenvalue weighted by Gasteiger charge is 2.19. The highest BCUT2D eigenvalue weighted by atomic mass is 35.5. The van der Waals surface area contributed by atoms with Crippen LogP contribution < -0.4 is 4.74 Å². The predicted molar refractivity (Wildman–Crippen MR) is 108 cm³/mol. The van der Waals surface area contributed by atoms with Gasteiger partial charge in [-0.3, -0.25) is 10.1 Å². The summed E-state index contributed by atoms with van der Waals surface area (Å²) in [5, 5.41) is 11.9. The number of rotatable bonds is 6. The van der Waals surface area contributed by atoms with E-state index < -0.39 is 4.92 Å². The SMILES string of the molecule is O=[N+]([O-])c1cccc(Cl)c1Oc1ccc(CSc2nc3ccccc3o2)cc1. The van der Waals surface area contributed by atoms with Gasteiger partial charge in [-0.05, 0) is 35.9 Å². The third-order valence-electron chi connectivity index (χ3n) is 3.92. The molecule has 0 atom stereocenters. The minimum atomic E-state index is -0.521. The number of thioether (sulfide) groups is 1. The lowest BCUT2D eigenvalue weighted by atomic mass is 10.2. The van der Waals surface area contributed by atoms with Gasteiger partial charge in [0.15, 0.2) is 5.58 Å². The first-order valence-electron chi connectivity index (χ1n) is 8.28. The molecule has 4 aromatic rings. The van der Waals surface area contributed by atoms with Crippen molar-refractivity contribution < 1.29 is 14.1 Å². The summed E-state index contributed by atoms with van der Waals surface area (Å²) in [7, 11) is 0. The maximum Gasteiger partial charge on any atom is 0.313 e. The Labute approximate surface area is 169 Å². The molecular formula is C20H13ClN2O4S. The zero-order valence-corrected chi connectivity index (χ0v) is 15.9. The zero-order valence-electron chi connectivity index (χ0n) is 14.4. The molecule has 3 aromatic carbocycles. The quantitative estimate of drug-likeness (QED) is 0.205. The second-order valence-electron chi connectivity index (χ2n) is 5.83. The Morgan fingerprint density at radius 1 is 1.07 bits per heavy atom. The monoisotopic (exact) mass is 412 g/mol. The van der Waals surface area contributed by atoms with Crippen LogP contribution in [0.2, 0.25) is 5.02 Å². The van der Waals surface area contributed by atoms with Gasteiger partial charge < -0.3 is 9.15 Å². The van der Waals surface area contributed by atoms with E-state index in [2.05, 4.69) is 4.98 Å². The second-order valence-corrected chi connectivity index (χ2v) is 7.16. The summed E-state index contributed by atoms with van der Waals surface area (Å²) in [6.45, 7) is 0. The van der Waals surface area contributed by atoms with Crippen molar-refractivity contribution in [1.82, 2.24) is 4.98 Å². The summed E-state index contributed by atoms with van der Waals surface area (Å²) in [5.41, 5.74) is 2.45. The van der Waals surface area contributed by atoms with Gasteiger partial charge in [-0.1, -0.05) is 53.7 Å². The number of para-hydroxylation sites is 3. The van der Waals surface area contributed by atoms with Crippen LogP contribution in [0, 0.1) is 10.1 Å². The first-order chi connectivity index (χ1) is 13.6. The third-order valence-corrected chi connectivity index (χ3v) is 5.12. The van der Waals surface area contributed by atoms with E-state index in [0.29, 0.717) is 16.7 Å². The molecule has 8 heteroatoms. The zero-order chi connectivity index (χ0) is 19.5. The van der Waals surface area contributed by atoms with Gasteiger partial charge >= 0.3 is 5.69 Å². The fourth-order valence-corrected chi connectivity index (χ4v) is 3.57. The van der Waals surface area contributed by atoms with Crippen molar-refractivity contribution in [2.75, 3.05) is 0 Å². The molecule has 0 aliphatic heterocycles. The van der Waals surface area contributed by atoms with Crippen LogP contribution >= 0.6 is 23.4 Å². The minimum Gasteiger partial charge on any atom is -0.449 e. The van der Waals surface area contributed by atoms with Gasteiger partial charge in [-0.15, -0.1) is 0 Å². The van der Waals surface area contributed by atoms with E-state index in [1.165, 1.54) is 23.9 Å². The van der Waals surface area contributed by atoms with E-state index in [4.69, 9.17) is 20.8 Å². The summed E-state index contributed by atoms with van der Waals surface area (Å²) in [5.74, 6) is 1.16. The highest BCUT2D eigenvalue weighted by molar-refractivity contribution is 7.98. The summed E-state index contributed by atoms with van der Waals surface area (Å²) in [6.07, 6.45) is 0. The van der Waals surface area contributed by atoms with Gasteiger partial charge in [0.1, 0.15) is 11.3 Å². The lowest BCUT2D eigenvalue weighted by Gasteiger charge is -2.08. The molecule has 28 heavy (non-hydrogen) atoms. The van der Waals surface area contributed by atoms with Crippen molar-refractivity contribution in [2.24, 2.45) is 0 Å². The Morgan fingerprint density at radius 2 is 1.86 bits per heavy atom. The van der Waals surface area contributed by atoms with Crippen molar-refractivity contribution in [3.05, 3.63) is 87.4 Å². The molecule has 0 radical (unpaired) electrons. The molecular weight excluding hydrogens is 400 g/mol. The number of benzene rings is 3. The van der Waals surface area contributed by atoms with Gasteiger partial charge in [0.25, 0.3) is 5.22 Å². The normalized spacial score (nSPS) is 10.9. The highest BCUT2D eigenvalue weighted by Crippen LogP contribution is 2.38. The molecule has 0 N–H and O–H groups in total. The van der Waals surface area contributed by atoms with Crippen LogP contribution in [0.15, 0.2) is 76.4 Å². The molecule has 0 saturated heterocycles. The standard InChI is InChI=1S/C20H13ClN2O4S/c21-15-4-3-6-17(23(24)25)19(15)26-14-10-8-13(9-11-14)12-28-20-22-16-5-1-2-7-18(16)27-20/h1-11H,12H2. The van der Waals surface area contributed by atoms with Gasteiger partial charge in [-0.2, -0.15) is 0 Å². The number of hydrogen-bond acceptors (Lipinski definition) is 6. The van der Waals surface area contributed by atoms with Crippen LogP contribution in [-0.4, -0.2) is 9.91 Å². The first-order valence-corrected chi connectivity index (χ1v) is 9.64. The molecule has 0 saturated carbocycles. The molecule has 4 rings (SSSR count). The number of nitro benzene ring substituents is 1. The molecule has 0 fully saturated rings. The first kappa shape index (κ1) is 18.3. The smallest absolute Gasteiger partial charge is 0.313 e. The lowest BCUT2D eigenvalue weighted by molar-refractivity contribution is -0.385. The molecule has 140 valence electrons. The van der Waals surface area contributed by atoms with Crippen molar-refractivity contribution in [2.45, 2.75) is 11.0 Å². The number of fused-ring (bicyclic) bond motifs is 1. The Kier molecular flexibility index (Phi) is 5.18. The molecule has 6 nitrogen and oxygen atoms in total. The van der Waals surface area contributed by atoms with Crippen LogP contribution in [0.1, 0.15) is 5.56 Å². The van der Waals surface area contributed by atoms with Crippen molar-refractivity contribution in [1.29, 1.82) is 0 Å². The van der Waals surface area contributed by atoms with Crippen molar-refractivity contribution in [3.63, 3.8) is 0 Å². The maximum atomic E-state index is 11.2. The Hall–Kier alpha value is -3.03. The largest absolute Gasteiger partial charge is 0.449 e. The molecule has 0 bridgehead atoms. The fraction of sp³-hybridized carbons (Fsp3) is 0.0500. The third kappa shape index (κ3) is 3.95. The molecule has 0 spiro atoms.